The van der Waals surface area contributed by atoms with Gasteiger partial charge in [-0.3, -0.25) is 0 Å². The van der Waals surface area contributed by atoms with Gasteiger partial charge < -0.3 is 5.32 Å². The van der Waals surface area contributed by atoms with E-state index in [1.165, 1.54) is 6.42 Å². The molecule has 0 aromatic carbocycles. The van der Waals surface area contributed by atoms with Crippen molar-refractivity contribution in [1.82, 2.24) is 10.6 Å². The van der Waals surface area contributed by atoms with Crippen LogP contribution in [0.4, 0.5) is 0 Å². The van der Waals surface area contributed by atoms with Gasteiger partial charge in [-0.25, -0.2) is 5.32 Å². The largest absolute Gasteiger partial charge is 0.306 e. The molecule has 0 saturated carbocycles. The number of rotatable bonds is 0. The highest BCUT2D eigenvalue weighted by Crippen LogP contribution is 2.25. The van der Waals surface area contributed by atoms with Gasteiger partial charge in [0.25, 0.3) is 0 Å². The van der Waals surface area contributed by atoms with Crippen LogP contribution in [0, 0.1) is 0 Å². The Morgan fingerprint density at radius 3 is 3.44 bits per heavy atom. The summed E-state index contributed by atoms with van der Waals surface area (Å²) >= 11 is 2.03. The van der Waals surface area contributed by atoms with Crippen LogP contribution in [0.3, 0.4) is 0 Å². The van der Waals surface area contributed by atoms with Crippen LogP contribution in [0.5, 0.6) is 0 Å². The van der Waals surface area contributed by atoms with Gasteiger partial charge in [-0.05, 0) is 6.42 Å². The standard InChI is InChI=1S/C6H11N2S/c1-2-8-5-3-7-4-9-6(1)5/h5-7H,1-4H2. The van der Waals surface area contributed by atoms with Crippen molar-refractivity contribution < 1.29 is 0 Å². The third kappa shape index (κ3) is 1.09. The highest BCUT2D eigenvalue weighted by molar-refractivity contribution is 7.99. The summed E-state index contributed by atoms with van der Waals surface area (Å²) in [5, 5.41) is 8.65. The molecule has 1 radical (unpaired) electrons. The van der Waals surface area contributed by atoms with E-state index >= 15 is 0 Å². The lowest BCUT2D eigenvalue weighted by molar-refractivity contribution is 0.546. The maximum absolute atomic E-state index is 4.47. The summed E-state index contributed by atoms with van der Waals surface area (Å²) in [5.41, 5.74) is 0. The molecular formula is C6H11N2S. The summed E-state index contributed by atoms with van der Waals surface area (Å²) in [7, 11) is 0. The van der Waals surface area contributed by atoms with Crippen LogP contribution in [0.25, 0.3) is 0 Å². The molecule has 2 aliphatic rings. The Balaban J connectivity index is 1.97. The summed E-state index contributed by atoms with van der Waals surface area (Å²) in [5.74, 6) is 1.14. The monoisotopic (exact) mass is 143 g/mol. The minimum absolute atomic E-state index is 0.642. The second-order valence-electron chi connectivity index (χ2n) is 2.57. The Bertz CT molecular complexity index is 95.2. The molecule has 0 aromatic rings. The van der Waals surface area contributed by atoms with Crippen LogP contribution in [-0.4, -0.2) is 30.3 Å². The van der Waals surface area contributed by atoms with Gasteiger partial charge in [-0.1, -0.05) is 0 Å². The van der Waals surface area contributed by atoms with Crippen molar-refractivity contribution in [2.24, 2.45) is 0 Å². The van der Waals surface area contributed by atoms with Crippen molar-refractivity contribution in [2.45, 2.75) is 17.7 Å². The first-order valence-corrected chi connectivity index (χ1v) is 4.50. The highest BCUT2D eigenvalue weighted by atomic mass is 32.2. The van der Waals surface area contributed by atoms with Crippen LogP contribution in [0.2, 0.25) is 0 Å². The van der Waals surface area contributed by atoms with E-state index in [1.54, 1.807) is 0 Å². The van der Waals surface area contributed by atoms with Crippen LogP contribution in [0.1, 0.15) is 6.42 Å². The molecule has 2 unspecified atom stereocenters. The van der Waals surface area contributed by atoms with Gasteiger partial charge in [0, 0.05) is 30.3 Å². The summed E-state index contributed by atoms with van der Waals surface area (Å²) in [6.45, 7) is 2.22. The lowest BCUT2D eigenvalue weighted by Gasteiger charge is -2.23. The van der Waals surface area contributed by atoms with Gasteiger partial charge >= 0.3 is 0 Å². The third-order valence-electron chi connectivity index (χ3n) is 1.96. The average molecular weight is 143 g/mol. The molecule has 0 amide bonds. The number of fused-ring (bicyclic) bond motifs is 1. The topological polar surface area (TPSA) is 26.1 Å². The molecule has 2 nitrogen and oxygen atoms in total. The third-order valence-corrected chi connectivity index (χ3v) is 3.31. The maximum Gasteiger partial charge on any atom is 0.0490 e. The number of nitrogens with one attached hydrogen (secondary N) is 1. The maximum atomic E-state index is 4.47. The normalized spacial score (nSPS) is 42.7. The molecule has 0 aliphatic carbocycles. The highest BCUT2D eigenvalue weighted by Gasteiger charge is 2.30. The number of hydrogen-bond donors (Lipinski definition) is 1. The summed E-state index contributed by atoms with van der Waals surface area (Å²) in [6, 6.07) is 0.642. The summed E-state index contributed by atoms with van der Waals surface area (Å²) in [6.07, 6.45) is 1.32. The van der Waals surface area contributed by atoms with E-state index in [2.05, 4.69) is 10.6 Å². The fourth-order valence-electron chi connectivity index (χ4n) is 1.44. The van der Waals surface area contributed by atoms with E-state index in [4.69, 9.17) is 0 Å². The average Bonchev–Trinajstić information content (AvgIpc) is 2.33. The van der Waals surface area contributed by atoms with Gasteiger partial charge in [0.05, 0.1) is 0 Å². The Kier molecular flexibility index (Phi) is 1.66. The van der Waals surface area contributed by atoms with Crippen molar-refractivity contribution in [2.75, 3.05) is 19.0 Å². The van der Waals surface area contributed by atoms with E-state index in [0.29, 0.717) is 6.04 Å². The zero-order valence-corrected chi connectivity index (χ0v) is 6.16. The SMILES string of the molecule is C1CC2SCNCC2[N]1. The fraction of sp³-hybridized carbons (Fsp3) is 1.00. The van der Waals surface area contributed by atoms with Crippen LogP contribution >= 0.6 is 11.8 Å². The molecule has 51 valence electrons. The summed E-state index contributed by atoms with van der Waals surface area (Å²) in [4.78, 5) is 0. The fourth-order valence-corrected chi connectivity index (χ4v) is 2.57. The van der Waals surface area contributed by atoms with Gasteiger partial charge in [0.15, 0.2) is 0 Å². The lowest BCUT2D eigenvalue weighted by Crippen LogP contribution is -2.40. The molecule has 2 saturated heterocycles. The van der Waals surface area contributed by atoms with Crippen molar-refractivity contribution in [3.8, 4) is 0 Å². The van der Waals surface area contributed by atoms with E-state index < -0.39 is 0 Å². The van der Waals surface area contributed by atoms with Crippen molar-refractivity contribution in [1.29, 1.82) is 0 Å². The van der Waals surface area contributed by atoms with E-state index in [-0.39, 0.29) is 0 Å². The minimum Gasteiger partial charge on any atom is -0.306 e. The molecule has 0 bridgehead atoms. The Morgan fingerprint density at radius 2 is 2.56 bits per heavy atom. The molecule has 2 aliphatic heterocycles. The molecule has 1 N–H and O–H groups in total. The lowest BCUT2D eigenvalue weighted by atomic mass is 10.2. The molecule has 3 heteroatoms. The van der Waals surface area contributed by atoms with Crippen molar-refractivity contribution in [3.05, 3.63) is 0 Å². The first kappa shape index (κ1) is 6.01. The minimum atomic E-state index is 0.642. The number of hydrogen-bond acceptors (Lipinski definition) is 2. The molecule has 0 spiro atoms. The van der Waals surface area contributed by atoms with Crippen molar-refractivity contribution >= 4 is 11.8 Å². The van der Waals surface area contributed by atoms with Crippen molar-refractivity contribution in [3.63, 3.8) is 0 Å². The summed E-state index contributed by atoms with van der Waals surface area (Å²) < 4.78 is 0. The molecule has 2 fully saturated rings. The Hall–Kier alpha value is 0.270. The molecule has 2 rings (SSSR count). The first-order valence-electron chi connectivity index (χ1n) is 3.46. The second kappa shape index (κ2) is 2.48. The zero-order chi connectivity index (χ0) is 6.10. The van der Waals surface area contributed by atoms with Gasteiger partial charge in [0.2, 0.25) is 0 Å². The van der Waals surface area contributed by atoms with E-state index in [0.717, 1.165) is 24.2 Å². The van der Waals surface area contributed by atoms with Crippen LogP contribution in [-0.2, 0) is 0 Å². The molecular weight excluding hydrogens is 132 g/mol. The molecule has 2 heterocycles. The predicted molar refractivity (Wildman–Crippen MR) is 39.7 cm³/mol. The zero-order valence-electron chi connectivity index (χ0n) is 5.34. The van der Waals surface area contributed by atoms with Crippen LogP contribution in [0.15, 0.2) is 0 Å². The quantitative estimate of drug-likeness (QED) is 0.517. The van der Waals surface area contributed by atoms with Gasteiger partial charge in [-0.2, -0.15) is 0 Å². The predicted octanol–water partition coefficient (Wildman–Crippen LogP) is 0.0256. The number of thioether (sulfide) groups is 1. The Labute approximate surface area is 59.8 Å². The second-order valence-corrected chi connectivity index (χ2v) is 3.79. The van der Waals surface area contributed by atoms with Gasteiger partial charge in [0.1, 0.15) is 0 Å². The molecule has 9 heavy (non-hydrogen) atoms. The number of nitrogens with zero attached hydrogens (tertiary/aromatic N) is 1. The van der Waals surface area contributed by atoms with Crippen LogP contribution < -0.4 is 10.6 Å². The molecule has 0 aromatic heterocycles. The van der Waals surface area contributed by atoms with E-state index in [9.17, 15) is 0 Å². The smallest absolute Gasteiger partial charge is 0.0490 e. The molecule has 2 atom stereocenters. The first-order chi connectivity index (χ1) is 4.47. The Morgan fingerprint density at radius 1 is 1.56 bits per heavy atom. The van der Waals surface area contributed by atoms with E-state index in [1.807, 2.05) is 11.8 Å². The van der Waals surface area contributed by atoms with Gasteiger partial charge in [-0.15, -0.1) is 11.8 Å².